The summed E-state index contributed by atoms with van der Waals surface area (Å²) in [5.74, 6) is -1.03. The molecule has 0 saturated heterocycles. The second-order valence-corrected chi connectivity index (χ2v) is 7.92. The Morgan fingerprint density at radius 1 is 0.906 bits per heavy atom. The van der Waals surface area contributed by atoms with Crippen molar-refractivity contribution in [2.24, 2.45) is 5.92 Å². The third-order valence-corrected chi connectivity index (χ3v) is 5.48. The second-order valence-electron chi connectivity index (χ2n) is 7.92. The zero-order valence-electron chi connectivity index (χ0n) is 19.4. The minimum Gasteiger partial charge on any atom is -0.462 e. The van der Waals surface area contributed by atoms with E-state index in [0.29, 0.717) is 23.4 Å². The summed E-state index contributed by atoms with van der Waals surface area (Å²) in [6.45, 7) is 8.11. The Balaban J connectivity index is 2.06. The number of amides is 2. The van der Waals surface area contributed by atoms with E-state index in [9.17, 15) is 14.4 Å². The maximum atomic E-state index is 13.0. The van der Waals surface area contributed by atoms with E-state index in [0.717, 1.165) is 25.7 Å². The monoisotopic (exact) mass is 438 g/mol. The molecule has 0 aliphatic carbocycles. The van der Waals surface area contributed by atoms with Crippen LogP contribution in [0.1, 0.15) is 73.2 Å². The molecule has 2 unspecified atom stereocenters. The molecular weight excluding hydrogens is 404 g/mol. The maximum Gasteiger partial charge on any atom is 0.338 e. The van der Waals surface area contributed by atoms with Crippen LogP contribution in [0.25, 0.3) is 0 Å². The van der Waals surface area contributed by atoms with Crippen molar-refractivity contribution in [1.29, 1.82) is 0 Å². The lowest BCUT2D eigenvalue weighted by Gasteiger charge is -2.23. The molecule has 0 aliphatic rings. The lowest BCUT2D eigenvalue weighted by molar-refractivity contribution is -0.119. The van der Waals surface area contributed by atoms with Crippen LogP contribution in [0.5, 0.6) is 0 Å². The Labute approximate surface area is 190 Å². The van der Waals surface area contributed by atoms with Gasteiger partial charge in [0.1, 0.15) is 6.04 Å². The summed E-state index contributed by atoms with van der Waals surface area (Å²) in [5.41, 5.74) is 2.70. The molecule has 2 N–H and O–H groups in total. The Kier molecular flexibility index (Phi) is 9.92. The number of hydrogen-bond acceptors (Lipinski definition) is 4. The van der Waals surface area contributed by atoms with Crippen molar-refractivity contribution in [2.45, 2.75) is 59.4 Å². The molecular formula is C26H34N2O4. The van der Waals surface area contributed by atoms with Gasteiger partial charge in [-0.1, -0.05) is 45.7 Å². The molecule has 0 radical (unpaired) electrons. The van der Waals surface area contributed by atoms with Gasteiger partial charge >= 0.3 is 5.97 Å². The fourth-order valence-electron chi connectivity index (χ4n) is 3.25. The number of hydrogen-bond donors (Lipinski definition) is 2. The molecule has 6 heteroatoms. The predicted octanol–water partition coefficient (Wildman–Crippen LogP) is 4.99. The summed E-state index contributed by atoms with van der Waals surface area (Å²) in [7, 11) is 0. The molecule has 0 bridgehead atoms. The minimum atomic E-state index is -0.683. The first-order chi connectivity index (χ1) is 15.4. The highest BCUT2D eigenvalue weighted by Crippen LogP contribution is 2.15. The van der Waals surface area contributed by atoms with E-state index in [2.05, 4.69) is 17.6 Å². The molecule has 2 amide bonds. The average molecular weight is 439 g/mol. The van der Waals surface area contributed by atoms with E-state index < -0.39 is 12.0 Å². The fourth-order valence-corrected chi connectivity index (χ4v) is 3.25. The van der Waals surface area contributed by atoms with Gasteiger partial charge in [0, 0.05) is 11.3 Å². The Morgan fingerprint density at radius 2 is 1.53 bits per heavy atom. The number of aryl methyl sites for hydroxylation is 1. The first kappa shape index (κ1) is 25.1. The third kappa shape index (κ3) is 7.22. The average Bonchev–Trinajstić information content (AvgIpc) is 2.81. The van der Waals surface area contributed by atoms with Gasteiger partial charge in [-0.15, -0.1) is 0 Å². The van der Waals surface area contributed by atoms with Gasteiger partial charge in [-0.25, -0.2) is 4.79 Å². The van der Waals surface area contributed by atoms with Gasteiger partial charge in [-0.3, -0.25) is 9.59 Å². The van der Waals surface area contributed by atoms with E-state index in [4.69, 9.17) is 4.74 Å². The highest BCUT2D eigenvalue weighted by molar-refractivity contribution is 6.01. The van der Waals surface area contributed by atoms with Gasteiger partial charge in [-0.2, -0.15) is 0 Å². The van der Waals surface area contributed by atoms with Crippen LogP contribution in [-0.2, 0) is 16.0 Å². The van der Waals surface area contributed by atoms with E-state index >= 15 is 0 Å². The summed E-state index contributed by atoms with van der Waals surface area (Å²) in [4.78, 5) is 37.5. The first-order valence-electron chi connectivity index (χ1n) is 11.4. The van der Waals surface area contributed by atoms with E-state index in [-0.39, 0.29) is 17.7 Å². The number of unbranched alkanes of at least 4 members (excludes halogenated alkanes) is 1. The molecule has 32 heavy (non-hydrogen) atoms. The first-order valence-corrected chi connectivity index (χ1v) is 11.4. The third-order valence-electron chi connectivity index (χ3n) is 5.48. The Bertz CT molecular complexity index is 891. The van der Waals surface area contributed by atoms with Gasteiger partial charge in [0.15, 0.2) is 0 Å². The molecule has 2 rings (SSSR count). The van der Waals surface area contributed by atoms with Crippen molar-refractivity contribution in [2.75, 3.05) is 11.9 Å². The summed E-state index contributed by atoms with van der Waals surface area (Å²) in [6.07, 6.45) is 3.96. The van der Waals surface area contributed by atoms with Gasteiger partial charge in [-0.05, 0) is 67.6 Å². The molecule has 2 atom stereocenters. The van der Waals surface area contributed by atoms with Gasteiger partial charge < -0.3 is 15.4 Å². The van der Waals surface area contributed by atoms with Crippen LogP contribution in [-0.4, -0.2) is 30.4 Å². The molecule has 0 heterocycles. The summed E-state index contributed by atoms with van der Waals surface area (Å²) < 4.78 is 4.97. The number of ether oxygens (including phenoxy) is 1. The van der Waals surface area contributed by atoms with Crippen molar-refractivity contribution in [3.05, 3.63) is 65.2 Å². The van der Waals surface area contributed by atoms with E-state index in [1.165, 1.54) is 5.56 Å². The Morgan fingerprint density at radius 3 is 2.09 bits per heavy atom. The molecule has 0 spiro atoms. The zero-order valence-corrected chi connectivity index (χ0v) is 19.4. The predicted molar refractivity (Wildman–Crippen MR) is 127 cm³/mol. The van der Waals surface area contributed by atoms with Crippen molar-refractivity contribution >= 4 is 23.5 Å². The number of carbonyl (C=O) groups excluding carboxylic acids is 3. The van der Waals surface area contributed by atoms with Crippen LogP contribution >= 0.6 is 0 Å². The summed E-state index contributed by atoms with van der Waals surface area (Å²) in [5, 5.41) is 5.73. The molecule has 172 valence electrons. The van der Waals surface area contributed by atoms with Crippen LogP contribution in [0, 0.1) is 5.92 Å². The van der Waals surface area contributed by atoms with Crippen LogP contribution in [0.15, 0.2) is 48.5 Å². The molecule has 2 aromatic rings. The number of esters is 1. The highest BCUT2D eigenvalue weighted by Gasteiger charge is 2.26. The smallest absolute Gasteiger partial charge is 0.338 e. The summed E-state index contributed by atoms with van der Waals surface area (Å²) in [6, 6.07) is 13.4. The minimum absolute atomic E-state index is 0.0541. The molecule has 6 nitrogen and oxygen atoms in total. The summed E-state index contributed by atoms with van der Waals surface area (Å²) >= 11 is 0. The normalized spacial score (nSPS) is 12.5. The van der Waals surface area contributed by atoms with Gasteiger partial charge in [0.2, 0.25) is 5.91 Å². The van der Waals surface area contributed by atoms with Crippen molar-refractivity contribution in [3.63, 3.8) is 0 Å². The second kappa shape index (κ2) is 12.6. The highest BCUT2D eigenvalue weighted by atomic mass is 16.5. The standard InChI is InChI=1S/C26H34N2O4/c1-5-8-9-19-10-12-20(13-11-19)24(29)28-23(18(4)6-2)25(30)27-22-16-14-21(15-17-22)26(31)32-7-3/h10-18,23H,5-9H2,1-4H3,(H,27,30)(H,28,29). The lowest BCUT2D eigenvalue weighted by atomic mass is 9.97. The molecule has 0 fully saturated rings. The lowest BCUT2D eigenvalue weighted by Crippen LogP contribution is -2.47. The maximum absolute atomic E-state index is 13.0. The molecule has 0 aromatic heterocycles. The van der Waals surface area contributed by atoms with Gasteiger partial charge in [0.25, 0.3) is 5.91 Å². The zero-order chi connectivity index (χ0) is 23.5. The van der Waals surface area contributed by atoms with Crippen LogP contribution in [0.3, 0.4) is 0 Å². The van der Waals surface area contributed by atoms with E-state index in [1.807, 2.05) is 26.0 Å². The Hall–Kier alpha value is -3.15. The quantitative estimate of drug-likeness (QED) is 0.484. The number of carbonyl (C=O) groups is 3. The van der Waals surface area contributed by atoms with Crippen LogP contribution < -0.4 is 10.6 Å². The number of benzene rings is 2. The van der Waals surface area contributed by atoms with Gasteiger partial charge in [0.05, 0.1) is 12.2 Å². The molecule has 0 saturated carbocycles. The molecule has 0 aliphatic heterocycles. The van der Waals surface area contributed by atoms with Crippen molar-refractivity contribution in [3.8, 4) is 0 Å². The number of anilines is 1. The fraction of sp³-hybridized carbons (Fsp3) is 0.423. The van der Waals surface area contributed by atoms with Crippen LogP contribution in [0.4, 0.5) is 5.69 Å². The topological polar surface area (TPSA) is 84.5 Å². The van der Waals surface area contributed by atoms with Crippen molar-refractivity contribution in [1.82, 2.24) is 5.32 Å². The van der Waals surface area contributed by atoms with E-state index in [1.54, 1.807) is 43.3 Å². The SMILES string of the molecule is CCCCc1ccc(C(=O)NC(C(=O)Nc2ccc(C(=O)OCC)cc2)C(C)CC)cc1. The van der Waals surface area contributed by atoms with Crippen LogP contribution in [0.2, 0.25) is 0 Å². The van der Waals surface area contributed by atoms with Crippen molar-refractivity contribution < 1.29 is 19.1 Å². The number of rotatable bonds is 11. The largest absolute Gasteiger partial charge is 0.462 e. The number of nitrogens with one attached hydrogen (secondary N) is 2. The molecule has 2 aromatic carbocycles.